The minimum atomic E-state index is -3.51. The number of anilines is 1. The number of H-pyrrole nitrogens is 1. The molecule has 6 nitrogen and oxygen atoms in total. The second kappa shape index (κ2) is 5.31. The maximum absolute atomic E-state index is 11.5. The summed E-state index contributed by atoms with van der Waals surface area (Å²) < 4.78 is 27.8. The van der Waals surface area contributed by atoms with Crippen LogP contribution in [0, 0.1) is 5.92 Å². The Balaban J connectivity index is 2.58. The Bertz CT molecular complexity index is 424. The normalized spacial score (nSPS) is 12.0. The van der Waals surface area contributed by atoms with Crippen molar-refractivity contribution in [2.45, 2.75) is 27.2 Å². The van der Waals surface area contributed by atoms with Gasteiger partial charge < -0.3 is 0 Å². The molecule has 1 aromatic rings. The third kappa shape index (κ3) is 4.19. The fourth-order valence-electron chi connectivity index (χ4n) is 1.05. The van der Waals surface area contributed by atoms with Gasteiger partial charge in [0, 0.05) is 18.3 Å². The summed E-state index contributed by atoms with van der Waals surface area (Å²) in [4.78, 5) is 0. The number of aromatic nitrogens is 2. The van der Waals surface area contributed by atoms with Crippen molar-refractivity contribution in [2.24, 2.45) is 5.92 Å². The maximum Gasteiger partial charge on any atom is 0.300 e. The molecule has 0 bridgehead atoms. The smallest absolute Gasteiger partial charge is 0.280 e. The molecule has 1 rings (SSSR count). The molecule has 0 aliphatic carbocycles. The molecule has 1 aromatic heterocycles. The lowest BCUT2D eigenvalue weighted by atomic mass is 10.2. The van der Waals surface area contributed by atoms with Gasteiger partial charge in [0.1, 0.15) is 0 Å². The first-order valence-electron chi connectivity index (χ1n) is 5.24. The van der Waals surface area contributed by atoms with E-state index in [-0.39, 0.29) is 5.92 Å². The lowest BCUT2D eigenvalue weighted by molar-refractivity contribution is 0.564. The van der Waals surface area contributed by atoms with E-state index in [1.807, 2.05) is 20.8 Å². The van der Waals surface area contributed by atoms with Crippen LogP contribution in [0.1, 0.15) is 26.5 Å². The van der Waals surface area contributed by atoms with Gasteiger partial charge in [-0.3, -0.25) is 9.82 Å². The van der Waals surface area contributed by atoms with Crippen LogP contribution in [-0.2, 0) is 16.6 Å². The molecule has 0 aromatic carbocycles. The van der Waals surface area contributed by atoms with E-state index in [1.165, 1.54) is 0 Å². The Morgan fingerprint density at radius 3 is 2.69 bits per heavy atom. The van der Waals surface area contributed by atoms with Crippen LogP contribution in [0.15, 0.2) is 6.07 Å². The van der Waals surface area contributed by atoms with E-state index >= 15 is 0 Å². The molecule has 3 N–H and O–H groups in total. The zero-order valence-electron chi connectivity index (χ0n) is 9.74. The lowest BCUT2D eigenvalue weighted by Gasteiger charge is -2.08. The molecule has 0 aliphatic heterocycles. The summed E-state index contributed by atoms with van der Waals surface area (Å²) in [5.74, 6) is 0.579. The third-order valence-electron chi connectivity index (χ3n) is 1.93. The predicted molar refractivity (Wildman–Crippen MR) is 63.3 cm³/mol. The minimum Gasteiger partial charge on any atom is -0.280 e. The predicted octanol–water partition coefficient (Wildman–Crippen LogP) is 0.874. The van der Waals surface area contributed by atoms with Crippen molar-refractivity contribution in [3.8, 4) is 0 Å². The highest BCUT2D eigenvalue weighted by atomic mass is 32.2. The Hall–Kier alpha value is -1.08. The van der Waals surface area contributed by atoms with Gasteiger partial charge in [-0.15, -0.1) is 0 Å². The second-order valence-electron chi connectivity index (χ2n) is 3.98. The van der Waals surface area contributed by atoms with Crippen molar-refractivity contribution in [2.75, 3.05) is 11.3 Å². The van der Waals surface area contributed by atoms with Crippen molar-refractivity contribution in [3.05, 3.63) is 11.8 Å². The summed E-state index contributed by atoms with van der Waals surface area (Å²) in [6, 6.07) is 1.68. The highest BCUT2D eigenvalue weighted by Gasteiger charge is 2.11. The number of nitrogens with one attached hydrogen (secondary N) is 3. The topological polar surface area (TPSA) is 86.9 Å². The van der Waals surface area contributed by atoms with Crippen LogP contribution in [0.5, 0.6) is 0 Å². The van der Waals surface area contributed by atoms with E-state index in [1.54, 1.807) is 6.07 Å². The fourth-order valence-corrected chi connectivity index (χ4v) is 2.05. The summed E-state index contributed by atoms with van der Waals surface area (Å²) in [5.41, 5.74) is 0.890. The molecule has 0 spiro atoms. The Morgan fingerprint density at radius 1 is 1.50 bits per heavy atom. The molecule has 0 atom stereocenters. The van der Waals surface area contributed by atoms with Crippen molar-refractivity contribution in [1.29, 1.82) is 0 Å². The van der Waals surface area contributed by atoms with Crippen LogP contribution in [0.25, 0.3) is 0 Å². The summed E-state index contributed by atoms with van der Waals surface area (Å²) >= 11 is 0. The highest BCUT2D eigenvalue weighted by Crippen LogP contribution is 2.07. The van der Waals surface area contributed by atoms with Gasteiger partial charge in [-0.05, 0) is 12.3 Å². The Morgan fingerprint density at radius 2 is 2.19 bits per heavy atom. The average Bonchev–Trinajstić information content (AvgIpc) is 2.62. The van der Waals surface area contributed by atoms with Gasteiger partial charge in [0.2, 0.25) is 0 Å². The summed E-state index contributed by atoms with van der Waals surface area (Å²) in [5, 5.41) is 6.58. The average molecular weight is 246 g/mol. The molecular formula is C9H18N4O2S. The molecular weight excluding hydrogens is 228 g/mol. The molecule has 0 saturated carbocycles. The lowest BCUT2D eigenvalue weighted by Crippen LogP contribution is -2.32. The van der Waals surface area contributed by atoms with E-state index in [9.17, 15) is 8.42 Å². The Labute approximate surface area is 96.0 Å². The van der Waals surface area contributed by atoms with Crippen molar-refractivity contribution >= 4 is 16.0 Å². The van der Waals surface area contributed by atoms with Crippen molar-refractivity contribution in [3.63, 3.8) is 0 Å². The largest absolute Gasteiger partial charge is 0.300 e. The van der Waals surface area contributed by atoms with Gasteiger partial charge in [-0.1, -0.05) is 20.8 Å². The second-order valence-corrected chi connectivity index (χ2v) is 5.48. The maximum atomic E-state index is 11.5. The molecule has 0 saturated heterocycles. The van der Waals surface area contributed by atoms with Crippen LogP contribution < -0.4 is 9.44 Å². The number of hydrogen-bond acceptors (Lipinski definition) is 3. The van der Waals surface area contributed by atoms with Gasteiger partial charge in [-0.25, -0.2) is 0 Å². The first kappa shape index (κ1) is 13.0. The van der Waals surface area contributed by atoms with E-state index in [2.05, 4.69) is 19.6 Å². The highest BCUT2D eigenvalue weighted by molar-refractivity contribution is 7.90. The van der Waals surface area contributed by atoms with Crippen LogP contribution in [0.2, 0.25) is 0 Å². The number of aryl methyl sites for hydroxylation is 1. The van der Waals surface area contributed by atoms with Gasteiger partial charge in [0.05, 0.1) is 0 Å². The Kier molecular flexibility index (Phi) is 4.31. The molecule has 0 radical (unpaired) electrons. The van der Waals surface area contributed by atoms with Gasteiger partial charge >= 0.3 is 0 Å². The zero-order valence-corrected chi connectivity index (χ0v) is 10.6. The quantitative estimate of drug-likeness (QED) is 0.696. The molecule has 0 aliphatic rings. The van der Waals surface area contributed by atoms with Gasteiger partial charge in [-0.2, -0.15) is 18.2 Å². The molecule has 0 fully saturated rings. The fraction of sp³-hybridized carbons (Fsp3) is 0.667. The first-order chi connectivity index (χ1) is 7.43. The SMILES string of the molecule is CCc1cc(NS(=O)(=O)NCC(C)C)n[nH]1. The number of nitrogens with zero attached hydrogens (tertiary/aromatic N) is 1. The van der Waals surface area contributed by atoms with Crippen LogP contribution in [0.4, 0.5) is 5.82 Å². The number of rotatable bonds is 6. The third-order valence-corrected chi connectivity index (χ3v) is 2.96. The number of aromatic amines is 1. The summed E-state index contributed by atoms with van der Waals surface area (Å²) in [6.45, 7) is 6.24. The number of hydrogen-bond donors (Lipinski definition) is 3. The van der Waals surface area contributed by atoms with E-state index in [0.29, 0.717) is 12.4 Å². The molecule has 92 valence electrons. The van der Waals surface area contributed by atoms with E-state index in [0.717, 1.165) is 12.1 Å². The molecule has 0 amide bonds. The minimum absolute atomic E-state index is 0.266. The summed E-state index contributed by atoms with van der Waals surface area (Å²) in [6.07, 6.45) is 0.786. The molecule has 7 heteroatoms. The van der Waals surface area contributed by atoms with Gasteiger partial charge in [0.15, 0.2) is 5.82 Å². The summed E-state index contributed by atoms with van der Waals surface area (Å²) in [7, 11) is -3.51. The van der Waals surface area contributed by atoms with Crippen LogP contribution >= 0.6 is 0 Å². The molecule has 0 unspecified atom stereocenters. The van der Waals surface area contributed by atoms with Crippen molar-refractivity contribution in [1.82, 2.24) is 14.9 Å². The van der Waals surface area contributed by atoms with E-state index in [4.69, 9.17) is 0 Å². The van der Waals surface area contributed by atoms with Crippen molar-refractivity contribution < 1.29 is 8.42 Å². The van der Waals surface area contributed by atoms with E-state index < -0.39 is 10.2 Å². The van der Waals surface area contributed by atoms with Crippen LogP contribution in [-0.4, -0.2) is 25.2 Å². The standard InChI is InChI=1S/C9H18N4O2S/c1-4-8-5-9(12-11-8)13-16(14,15)10-6-7(2)3/h5,7,10H,4,6H2,1-3H3,(H2,11,12,13). The zero-order chi connectivity index (χ0) is 12.2. The van der Waals surface area contributed by atoms with Gasteiger partial charge in [0.25, 0.3) is 10.2 Å². The van der Waals surface area contributed by atoms with Crippen LogP contribution in [0.3, 0.4) is 0 Å². The molecule has 16 heavy (non-hydrogen) atoms. The first-order valence-corrected chi connectivity index (χ1v) is 6.73. The molecule has 1 heterocycles. The monoisotopic (exact) mass is 246 g/mol.